The molecule has 0 amide bonds. The van der Waals surface area contributed by atoms with E-state index in [4.69, 9.17) is 14.2 Å². The van der Waals surface area contributed by atoms with Gasteiger partial charge in [-0.1, -0.05) is 55.1 Å². The third-order valence-corrected chi connectivity index (χ3v) is 2.92. The lowest BCUT2D eigenvalue weighted by molar-refractivity contribution is -0.145. The van der Waals surface area contributed by atoms with Crippen molar-refractivity contribution in [2.24, 2.45) is 0 Å². The molecule has 2 rings (SSSR count). The zero-order valence-electron chi connectivity index (χ0n) is 11.0. The highest BCUT2D eigenvalue weighted by Crippen LogP contribution is 2.13. The average Bonchev–Trinajstić information content (AvgIpc) is 2.47. The first-order chi connectivity index (χ1) is 9.40. The van der Waals surface area contributed by atoms with Crippen molar-refractivity contribution in [2.75, 3.05) is 19.8 Å². The molecule has 0 aliphatic carbocycles. The Morgan fingerprint density at radius 1 is 1.21 bits per heavy atom. The fourth-order valence-electron chi connectivity index (χ4n) is 1.96. The molecule has 3 heteroatoms. The van der Waals surface area contributed by atoms with Crippen LogP contribution in [-0.4, -0.2) is 32.0 Å². The first-order valence-electron chi connectivity index (χ1n) is 6.54. The Bertz CT molecular complexity index is 400. The van der Waals surface area contributed by atoms with Gasteiger partial charge in [0.2, 0.25) is 0 Å². The molecule has 0 radical (unpaired) electrons. The zero-order chi connectivity index (χ0) is 13.3. The molecule has 1 aliphatic heterocycles. The minimum Gasteiger partial charge on any atom is -0.374 e. The molecule has 0 saturated carbocycles. The Morgan fingerprint density at radius 2 is 2.00 bits per heavy atom. The Labute approximate surface area is 114 Å². The van der Waals surface area contributed by atoms with Crippen LogP contribution in [0.15, 0.2) is 55.1 Å². The Balaban J connectivity index is 1.79. The molecule has 0 N–H and O–H groups in total. The van der Waals surface area contributed by atoms with Crippen LogP contribution < -0.4 is 0 Å². The van der Waals surface area contributed by atoms with E-state index in [-0.39, 0.29) is 12.2 Å². The Kier molecular flexibility index (Phi) is 5.82. The highest BCUT2D eigenvalue weighted by molar-refractivity contribution is 5.13. The van der Waals surface area contributed by atoms with E-state index in [2.05, 4.69) is 6.58 Å². The van der Waals surface area contributed by atoms with Crippen LogP contribution in [0.3, 0.4) is 0 Å². The van der Waals surface area contributed by atoms with Gasteiger partial charge in [-0.2, -0.15) is 0 Å². The highest BCUT2D eigenvalue weighted by Gasteiger charge is 2.24. The average molecular weight is 260 g/mol. The summed E-state index contributed by atoms with van der Waals surface area (Å²) in [5, 5.41) is 0. The van der Waals surface area contributed by atoms with Gasteiger partial charge in [-0.05, 0) is 5.56 Å². The summed E-state index contributed by atoms with van der Waals surface area (Å²) in [5.41, 5.74) is 1.16. The molecular formula is C16H20O3. The Morgan fingerprint density at radius 3 is 2.79 bits per heavy atom. The van der Waals surface area contributed by atoms with E-state index in [1.54, 1.807) is 6.08 Å². The molecular weight excluding hydrogens is 240 g/mol. The predicted octanol–water partition coefficient (Wildman–Crippen LogP) is 2.73. The van der Waals surface area contributed by atoms with Crippen molar-refractivity contribution in [1.82, 2.24) is 0 Å². The van der Waals surface area contributed by atoms with Gasteiger partial charge in [0, 0.05) is 0 Å². The molecule has 0 spiro atoms. The summed E-state index contributed by atoms with van der Waals surface area (Å²) in [6, 6.07) is 10.1. The molecule has 1 saturated heterocycles. The molecule has 2 atom stereocenters. The number of rotatable bonds is 6. The maximum Gasteiger partial charge on any atom is 0.111 e. The van der Waals surface area contributed by atoms with Gasteiger partial charge in [-0.25, -0.2) is 0 Å². The van der Waals surface area contributed by atoms with Crippen molar-refractivity contribution in [3.05, 3.63) is 60.7 Å². The summed E-state index contributed by atoms with van der Waals surface area (Å²) < 4.78 is 17.1. The standard InChI is InChI=1S/C16H20O3/c1-2-3-9-15-16(19-11-10-18-15)13-17-12-14-7-5-4-6-8-14/h2-9,15-16H,1,10-13H2/b9-3+/t15-,16+/m1/s1. The third kappa shape index (κ3) is 4.63. The lowest BCUT2D eigenvalue weighted by atomic mass is 10.1. The SMILES string of the molecule is C=C/C=C/[C@H]1OCCO[C@H]1COCc1ccccc1. The minimum atomic E-state index is -0.0532. The second-order valence-corrected chi connectivity index (χ2v) is 4.37. The van der Waals surface area contributed by atoms with Crippen LogP contribution in [0.4, 0.5) is 0 Å². The summed E-state index contributed by atoms with van der Waals surface area (Å²) in [6.07, 6.45) is 5.47. The van der Waals surface area contributed by atoms with Crippen LogP contribution in [0.25, 0.3) is 0 Å². The first-order valence-corrected chi connectivity index (χ1v) is 6.54. The second-order valence-electron chi connectivity index (χ2n) is 4.37. The highest BCUT2D eigenvalue weighted by atomic mass is 16.6. The van der Waals surface area contributed by atoms with Crippen molar-refractivity contribution in [3.63, 3.8) is 0 Å². The van der Waals surface area contributed by atoms with Gasteiger partial charge in [0.25, 0.3) is 0 Å². The molecule has 0 bridgehead atoms. The summed E-state index contributed by atoms with van der Waals surface area (Å²) in [7, 11) is 0. The van der Waals surface area contributed by atoms with Crippen molar-refractivity contribution in [2.45, 2.75) is 18.8 Å². The van der Waals surface area contributed by atoms with Crippen LogP contribution in [0.2, 0.25) is 0 Å². The van der Waals surface area contributed by atoms with Crippen molar-refractivity contribution in [1.29, 1.82) is 0 Å². The molecule has 1 heterocycles. The van der Waals surface area contributed by atoms with Crippen LogP contribution in [0.1, 0.15) is 5.56 Å². The van der Waals surface area contributed by atoms with Gasteiger partial charge in [0.05, 0.1) is 26.4 Å². The van der Waals surface area contributed by atoms with Crippen molar-refractivity contribution >= 4 is 0 Å². The number of ether oxygens (including phenoxy) is 3. The molecule has 1 aromatic rings. The smallest absolute Gasteiger partial charge is 0.111 e. The topological polar surface area (TPSA) is 27.7 Å². The summed E-state index contributed by atoms with van der Waals surface area (Å²) in [6.45, 7) is 6.03. The molecule has 3 nitrogen and oxygen atoms in total. The minimum absolute atomic E-state index is 0.0475. The van der Waals surface area contributed by atoms with Gasteiger partial charge in [0.1, 0.15) is 12.2 Å². The monoisotopic (exact) mass is 260 g/mol. The van der Waals surface area contributed by atoms with Gasteiger partial charge >= 0.3 is 0 Å². The molecule has 19 heavy (non-hydrogen) atoms. The lowest BCUT2D eigenvalue weighted by Crippen LogP contribution is -2.40. The van der Waals surface area contributed by atoms with E-state index < -0.39 is 0 Å². The van der Waals surface area contributed by atoms with E-state index >= 15 is 0 Å². The maximum absolute atomic E-state index is 5.70. The van der Waals surface area contributed by atoms with E-state index in [9.17, 15) is 0 Å². The van der Waals surface area contributed by atoms with Gasteiger partial charge < -0.3 is 14.2 Å². The number of benzene rings is 1. The Hall–Kier alpha value is -1.42. The predicted molar refractivity (Wildman–Crippen MR) is 74.9 cm³/mol. The third-order valence-electron chi connectivity index (χ3n) is 2.92. The number of allylic oxidation sites excluding steroid dienone is 2. The van der Waals surface area contributed by atoms with E-state index in [0.29, 0.717) is 26.4 Å². The lowest BCUT2D eigenvalue weighted by Gasteiger charge is -2.29. The molecule has 1 aromatic carbocycles. The number of hydrogen-bond acceptors (Lipinski definition) is 3. The van der Waals surface area contributed by atoms with Crippen LogP contribution in [-0.2, 0) is 20.8 Å². The van der Waals surface area contributed by atoms with Crippen molar-refractivity contribution in [3.8, 4) is 0 Å². The van der Waals surface area contributed by atoms with Crippen molar-refractivity contribution < 1.29 is 14.2 Å². The summed E-state index contributed by atoms with van der Waals surface area (Å²) in [4.78, 5) is 0. The van der Waals surface area contributed by atoms with E-state index in [1.807, 2.05) is 42.5 Å². The van der Waals surface area contributed by atoms with E-state index in [1.165, 1.54) is 0 Å². The second kappa shape index (κ2) is 7.89. The fraction of sp³-hybridized carbons (Fsp3) is 0.375. The normalized spacial score (nSPS) is 23.6. The van der Waals surface area contributed by atoms with Gasteiger partial charge in [-0.15, -0.1) is 0 Å². The molecule has 1 aliphatic rings. The molecule has 102 valence electrons. The quantitative estimate of drug-likeness (QED) is 0.736. The molecule has 1 fully saturated rings. The van der Waals surface area contributed by atoms with Gasteiger partial charge in [0.15, 0.2) is 0 Å². The zero-order valence-corrected chi connectivity index (χ0v) is 11.0. The molecule has 0 unspecified atom stereocenters. The fourth-order valence-corrected chi connectivity index (χ4v) is 1.96. The number of hydrogen-bond donors (Lipinski definition) is 0. The maximum atomic E-state index is 5.70. The first kappa shape index (κ1) is 14.0. The van der Waals surface area contributed by atoms with Gasteiger partial charge in [-0.3, -0.25) is 0 Å². The largest absolute Gasteiger partial charge is 0.374 e. The summed E-state index contributed by atoms with van der Waals surface area (Å²) in [5.74, 6) is 0. The summed E-state index contributed by atoms with van der Waals surface area (Å²) >= 11 is 0. The van der Waals surface area contributed by atoms with E-state index in [0.717, 1.165) is 5.56 Å². The molecule has 0 aromatic heterocycles. The van der Waals surface area contributed by atoms with Crippen LogP contribution in [0, 0.1) is 0 Å². The van der Waals surface area contributed by atoms with Crippen LogP contribution in [0.5, 0.6) is 0 Å². The van der Waals surface area contributed by atoms with Crippen LogP contribution >= 0.6 is 0 Å².